The van der Waals surface area contributed by atoms with Gasteiger partial charge in [0.15, 0.2) is 0 Å². The second-order valence-electron chi connectivity index (χ2n) is 2.82. The van der Waals surface area contributed by atoms with Crippen molar-refractivity contribution in [2.24, 2.45) is 0 Å². The van der Waals surface area contributed by atoms with E-state index >= 15 is 0 Å². The Labute approximate surface area is 50.5 Å². The van der Waals surface area contributed by atoms with Crippen LogP contribution in [0, 0.1) is 0 Å². The highest BCUT2D eigenvalue weighted by Gasteiger charge is 2.14. The van der Waals surface area contributed by atoms with E-state index in [1.165, 1.54) is 4.90 Å². The zero-order chi connectivity index (χ0) is 6.78. The van der Waals surface area contributed by atoms with E-state index in [0.29, 0.717) is 0 Å². The van der Waals surface area contributed by atoms with Gasteiger partial charge in [0.05, 0.1) is 0 Å². The van der Waals surface area contributed by atoms with Gasteiger partial charge in [-0.25, -0.2) is 0 Å². The molecule has 0 saturated heterocycles. The SMILES string of the molecule is CN([C]=O)C(C)(C)C. The molecule has 0 rings (SSSR count). The fraction of sp³-hybridized carbons (Fsp3) is 0.833. The molecule has 0 aliphatic carbocycles. The maximum absolute atomic E-state index is 9.95. The third kappa shape index (κ3) is 1.96. The maximum atomic E-state index is 9.95. The lowest BCUT2D eigenvalue weighted by Crippen LogP contribution is -2.36. The van der Waals surface area contributed by atoms with Crippen LogP contribution < -0.4 is 0 Å². The van der Waals surface area contributed by atoms with Gasteiger partial charge in [-0.05, 0) is 20.8 Å². The van der Waals surface area contributed by atoms with E-state index < -0.39 is 0 Å². The molecule has 0 heterocycles. The normalized spacial score (nSPS) is 11.0. The quantitative estimate of drug-likeness (QED) is 0.461. The van der Waals surface area contributed by atoms with Gasteiger partial charge in [-0.1, -0.05) is 0 Å². The van der Waals surface area contributed by atoms with Gasteiger partial charge in [-0.15, -0.1) is 0 Å². The van der Waals surface area contributed by atoms with E-state index in [-0.39, 0.29) is 5.54 Å². The Morgan fingerprint density at radius 1 is 1.38 bits per heavy atom. The second-order valence-corrected chi connectivity index (χ2v) is 2.82. The van der Waals surface area contributed by atoms with Crippen molar-refractivity contribution in [3.63, 3.8) is 0 Å². The largest absolute Gasteiger partial charge is 0.333 e. The molecule has 1 amide bonds. The minimum Gasteiger partial charge on any atom is -0.333 e. The van der Waals surface area contributed by atoms with Crippen molar-refractivity contribution in [2.75, 3.05) is 7.05 Å². The molecule has 0 atom stereocenters. The van der Waals surface area contributed by atoms with Gasteiger partial charge in [0, 0.05) is 12.6 Å². The fourth-order valence-electron chi connectivity index (χ4n) is 0.137. The zero-order valence-electron chi connectivity index (χ0n) is 5.86. The molecule has 8 heavy (non-hydrogen) atoms. The smallest absolute Gasteiger partial charge is 0.312 e. The Kier molecular flexibility index (Phi) is 2.02. The van der Waals surface area contributed by atoms with E-state index in [0.717, 1.165) is 0 Å². The molecule has 0 N–H and O–H groups in total. The molecular weight excluding hydrogens is 102 g/mol. The van der Waals surface area contributed by atoms with E-state index in [4.69, 9.17) is 0 Å². The van der Waals surface area contributed by atoms with Crippen molar-refractivity contribution in [3.8, 4) is 0 Å². The van der Waals surface area contributed by atoms with Crippen LogP contribution in [0.5, 0.6) is 0 Å². The molecule has 1 radical (unpaired) electrons. The van der Waals surface area contributed by atoms with Gasteiger partial charge < -0.3 is 4.90 Å². The van der Waals surface area contributed by atoms with Crippen LogP contribution in [-0.2, 0) is 4.79 Å². The first-order valence-electron chi connectivity index (χ1n) is 2.60. The topological polar surface area (TPSA) is 20.3 Å². The molecule has 0 bridgehead atoms. The summed E-state index contributed by atoms with van der Waals surface area (Å²) in [6, 6.07) is 0. The first kappa shape index (κ1) is 7.47. The van der Waals surface area contributed by atoms with E-state index in [1.54, 1.807) is 13.5 Å². The Morgan fingerprint density at radius 2 is 1.75 bits per heavy atom. The summed E-state index contributed by atoms with van der Waals surface area (Å²) in [5, 5.41) is 0. The van der Waals surface area contributed by atoms with Gasteiger partial charge >= 0.3 is 6.41 Å². The summed E-state index contributed by atoms with van der Waals surface area (Å²) in [6.07, 6.45) is 1.79. The zero-order valence-corrected chi connectivity index (χ0v) is 5.86. The summed E-state index contributed by atoms with van der Waals surface area (Å²) in [5.41, 5.74) is -0.0816. The average Bonchev–Trinajstić information content (AvgIpc) is 1.62. The van der Waals surface area contributed by atoms with Crippen LogP contribution in [0.25, 0.3) is 0 Å². The molecule has 0 saturated carbocycles. The van der Waals surface area contributed by atoms with Crippen molar-refractivity contribution in [3.05, 3.63) is 0 Å². The van der Waals surface area contributed by atoms with Crippen molar-refractivity contribution >= 4 is 6.41 Å². The predicted octanol–water partition coefficient (Wildman–Crippen LogP) is 0.784. The molecule has 2 nitrogen and oxygen atoms in total. The Bertz CT molecular complexity index is 83.0. The monoisotopic (exact) mass is 114 g/mol. The van der Waals surface area contributed by atoms with Crippen LogP contribution in [0.2, 0.25) is 0 Å². The van der Waals surface area contributed by atoms with Gasteiger partial charge in [0.2, 0.25) is 0 Å². The van der Waals surface area contributed by atoms with Crippen molar-refractivity contribution < 1.29 is 4.79 Å². The lowest BCUT2D eigenvalue weighted by Gasteiger charge is -2.26. The van der Waals surface area contributed by atoms with Crippen LogP contribution in [0.15, 0.2) is 0 Å². The average molecular weight is 114 g/mol. The minimum absolute atomic E-state index is 0.0816. The minimum atomic E-state index is -0.0816. The summed E-state index contributed by atoms with van der Waals surface area (Å²) < 4.78 is 0. The van der Waals surface area contributed by atoms with Crippen molar-refractivity contribution in [1.82, 2.24) is 4.90 Å². The molecule has 0 aliphatic rings. The van der Waals surface area contributed by atoms with Crippen LogP contribution in [0.1, 0.15) is 20.8 Å². The summed E-state index contributed by atoms with van der Waals surface area (Å²) >= 11 is 0. The summed E-state index contributed by atoms with van der Waals surface area (Å²) in [4.78, 5) is 11.5. The Hall–Kier alpha value is -0.530. The standard InChI is InChI=1S/C6H12NO/c1-6(2,3)7(4)5-8/h1-4H3. The lowest BCUT2D eigenvalue weighted by molar-refractivity contribution is 0.267. The molecule has 0 spiro atoms. The first-order chi connectivity index (χ1) is 3.48. The van der Waals surface area contributed by atoms with Gasteiger partial charge in [-0.3, -0.25) is 4.79 Å². The third-order valence-electron chi connectivity index (χ3n) is 1.14. The van der Waals surface area contributed by atoms with Crippen LogP contribution in [0.3, 0.4) is 0 Å². The summed E-state index contributed by atoms with van der Waals surface area (Å²) in [6.45, 7) is 5.87. The highest BCUT2D eigenvalue weighted by Crippen LogP contribution is 2.06. The van der Waals surface area contributed by atoms with Gasteiger partial charge in [0.25, 0.3) is 0 Å². The van der Waals surface area contributed by atoms with Crippen LogP contribution >= 0.6 is 0 Å². The van der Waals surface area contributed by atoms with Gasteiger partial charge in [0.1, 0.15) is 0 Å². The number of rotatable bonds is 1. The Balaban J connectivity index is 3.80. The second kappa shape index (κ2) is 2.16. The number of hydrogen-bond acceptors (Lipinski definition) is 1. The fourth-order valence-corrected chi connectivity index (χ4v) is 0.137. The van der Waals surface area contributed by atoms with Crippen molar-refractivity contribution in [1.29, 1.82) is 0 Å². The molecule has 0 aromatic rings. The highest BCUT2D eigenvalue weighted by atomic mass is 16.1. The molecule has 47 valence electrons. The highest BCUT2D eigenvalue weighted by molar-refractivity contribution is 5.48. The third-order valence-corrected chi connectivity index (χ3v) is 1.14. The Morgan fingerprint density at radius 3 is 1.75 bits per heavy atom. The molecular formula is C6H12NO. The molecule has 0 aromatic carbocycles. The first-order valence-corrected chi connectivity index (χ1v) is 2.60. The number of carbonyl (C=O) groups excluding carboxylic acids is 1. The maximum Gasteiger partial charge on any atom is 0.312 e. The molecule has 0 aliphatic heterocycles. The number of amides is 1. The summed E-state index contributed by atoms with van der Waals surface area (Å²) in [5.74, 6) is 0. The van der Waals surface area contributed by atoms with E-state index in [1.807, 2.05) is 20.8 Å². The lowest BCUT2D eigenvalue weighted by atomic mass is 10.1. The summed E-state index contributed by atoms with van der Waals surface area (Å²) in [7, 11) is 1.72. The molecule has 0 unspecified atom stereocenters. The van der Waals surface area contributed by atoms with Crippen LogP contribution in [0.4, 0.5) is 0 Å². The van der Waals surface area contributed by atoms with Crippen molar-refractivity contribution in [2.45, 2.75) is 26.3 Å². The van der Waals surface area contributed by atoms with Gasteiger partial charge in [-0.2, -0.15) is 0 Å². The van der Waals surface area contributed by atoms with E-state index in [9.17, 15) is 4.79 Å². The number of nitrogens with zero attached hydrogens (tertiary/aromatic N) is 1. The predicted molar refractivity (Wildman–Crippen MR) is 33.2 cm³/mol. The number of hydrogen-bond donors (Lipinski definition) is 0. The van der Waals surface area contributed by atoms with E-state index in [2.05, 4.69) is 0 Å². The molecule has 0 fully saturated rings. The molecule has 0 aromatic heterocycles. The van der Waals surface area contributed by atoms with Crippen LogP contribution in [-0.4, -0.2) is 23.9 Å². The molecule has 2 heteroatoms.